The average Bonchev–Trinajstić information content (AvgIpc) is 3.25. The molecule has 2 aliphatic rings. The van der Waals surface area contributed by atoms with E-state index < -0.39 is 0 Å². The van der Waals surface area contributed by atoms with Crippen LogP contribution in [-0.2, 0) is 12.8 Å². The first kappa shape index (κ1) is 13.0. The summed E-state index contributed by atoms with van der Waals surface area (Å²) in [6.07, 6.45) is 2.63. The van der Waals surface area contributed by atoms with Crippen LogP contribution in [-0.4, -0.2) is 11.2 Å². The first-order valence-corrected chi connectivity index (χ1v) is 7.74. The average molecular weight is 282 g/mol. The van der Waals surface area contributed by atoms with Crippen LogP contribution in [0.3, 0.4) is 0 Å². The van der Waals surface area contributed by atoms with Gasteiger partial charge in [0.05, 0.1) is 6.10 Å². The molecule has 0 aliphatic heterocycles. The molecule has 4 atom stereocenters. The molecule has 2 heteroatoms. The van der Waals surface area contributed by atoms with E-state index in [1.54, 1.807) is 12.1 Å². The van der Waals surface area contributed by atoms with Crippen LogP contribution in [0.1, 0.15) is 29.0 Å². The Labute approximate surface area is 124 Å². The predicted octanol–water partition coefficient (Wildman–Crippen LogP) is 3.71. The summed E-state index contributed by atoms with van der Waals surface area (Å²) in [5.41, 5.74) is 3.91. The van der Waals surface area contributed by atoms with Crippen LogP contribution in [0, 0.1) is 17.7 Å². The van der Waals surface area contributed by atoms with Gasteiger partial charge >= 0.3 is 0 Å². The minimum Gasteiger partial charge on any atom is -0.392 e. The third-order valence-corrected chi connectivity index (χ3v) is 5.19. The summed E-state index contributed by atoms with van der Waals surface area (Å²) in [7, 11) is 0. The standard InChI is InChI=1S/C19H19FO/c20-14-8-5-12(6-9-14)11-17(21)19-16-10-7-13-3-1-2-4-15(13)18(16)19/h1-6,8-9,16-19,21H,7,10-11H2. The van der Waals surface area contributed by atoms with E-state index in [0.29, 0.717) is 24.2 Å². The van der Waals surface area contributed by atoms with Gasteiger partial charge in [-0.25, -0.2) is 4.39 Å². The summed E-state index contributed by atoms with van der Waals surface area (Å²) in [5, 5.41) is 10.6. The molecular weight excluding hydrogens is 263 g/mol. The van der Waals surface area contributed by atoms with Gasteiger partial charge < -0.3 is 5.11 Å². The van der Waals surface area contributed by atoms with Gasteiger partial charge in [0.1, 0.15) is 5.82 Å². The highest BCUT2D eigenvalue weighted by molar-refractivity contribution is 5.40. The number of benzene rings is 2. The summed E-state index contributed by atoms with van der Waals surface area (Å²) in [6.45, 7) is 0. The van der Waals surface area contributed by atoms with Crippen molar-refractivity contribution in [2.45, 2.75) is 31.3 Å². The number of rotatable bonds is 3. The van der Waals surface area contributed by atoms with Gasteiger partial charge in [-0.2, -0.15) is 0 Å². The lowest BCUT2D eigenvalue weighted by molar-refractivity contribution is 0.143. The van der Waals surface area contributed by atoms with Crippen molar-refractivity contribution in [3.05, 3.63) is 71.0 Å². The molecule has 1 saturated carbocycles. The second-order valence-corrected chi connectivity index (χ2v) is 6.40. The SMILES string of the molecule is OC(Cc1ccc(F)cc1)C1C2CCc3ccccc3C21. The normalized spacial score (nSPS) is 27.6. The first-order chi connectivity index (χ1) is 10.2. The topological polar surface area (TPSA) is 20.2 Å². The van der Waals surface area contributed by atoms with Crippen molar-refractivity contribution in [3.63, 3.8) is 0 Å². The van der Waals surface area contributed by atoms with E-state index in [2.05, 4.69) is 24.3 Å². The lowest BCUT2D eigenvalue weighted by Gasteiger charge is -2.13. The fourth-order valence-corrected chi connectivity index (χ4v) is 4.14. The highest BCUT2D eigenvalue weighted by atomic mass is 19.1. The van der Waals surface area contributed by atoms with Crippen LogP contribution in [0.5, 0.6) is 0 Å². The van der Waals surface area contributed by atoms with Crippen molar-refractivity contribution in [1.29, 1.82) is 0 Å². The molecule has 2 aromatic carbocycles. The van der Waals surface area contributed by atoms with E-state index in [-0.39, 0.29) is 11.9 Å². The zero-order chi connectivity index (χ0) is 14.4. The quantitative estimate of drug-likeness (QED) is 0.910. The van der Waals surface area contributed by atoms with Crippen molar-refractivity contribution in [2.24, 2.45) is 11.8 Å². The van der Waals surface area contributed by atoms with Gasteiger partial charge in [0.15, 0.2) is 0 Å². The molecule has 1 fully saturated rings. The van der Waals surface area contributed by atoms with E-state index in [1.807, 2.05) is 0 Å². The minimum atomic E-state index is -0.323. The maximum Gasteiger partial charge on any atom is 0.123 e. The van der Waals surface area contributed by atoms with Gasteiger partial charge in [0, 0.05) is 0 Å². The minimum absolute atomic E-state index is 0.220. The van der Waals surface area contributed by atoms with E-state index in [0.717, 1.165) is 12.0 Å². The van der Waals surface area contributed by atoms with Gasteiger partial charge in [0.2, 0.25) is 0 Å². The molecular formula is C19H19FO. The molecule has 21 heavy (non-hydrogen) atoms. The molecule has 0 spiro atoms. The molecule has 4 unspecified atom stereocenters. The van der Waals surface area contributed by atoms with Gasteiger partial charge in [-0.15, -0.1) is 0 Å². The largest absolute Gasteiger partial charge is 0.392 e. The van der Waals surface area contributed by atoms with Crippen LogP contribution < -0.4 is 0 Å². The number of aryl methyl sites for hydroxylation is 1. The Kier molecular flexibility index (Phi) is 3.07. The van der Waals surface area contributed by atoms with Crippen LogP contribution >= 0.6 is 0 Å². The second-order valence-electron chi connectivity index (χ2n) is 6.40. The summed E-state index contributed by atoms with van der Waals surface area (Å²) in [6, 6.07) is 15.1. The molecule has 2 aromatic rings. The van der Waals surface area contributed by atoms with Gasteiger partial charge in [-0.3, -0.25) is 0 Å². The van der Waals surface area contributed by atoms with E-state index >= 15 is 0 Å². The van der Waals surface area contributed by atoms with Crippen molar-refractivity contribution < 1.29 is 9.50 Å². The van der Waals surface area contributed by atoms with Crippen molar-refractivity contribution in [1.82, 2.24) is 0 Å². The highest BCUT2D eigenvalue weighted by Crippen LogP contribution is 2.61. The fourth-order valence-electron chi connectivity index (χ4n) is 4.14. The second kappa shape index (κ2) is 4.96. The summed E-state index contributed by atoms with van der Waals surface area (Å²) >= 11 is 0. The number of aliphatic hydroxyl groups excluding tert-OH is 1. The number of hydrogen-bond acceptors (Lipinski definition) is 1. The Morgan fingerprint density at radius 1 is 1.10 bits per heavy atom. The predicted molar refractivity (Wildman–Crippen MR) is 80.6 cm³/mol. The first-order valence-electron chi connectivity index (χ1n) is 7.74. The Morgan fingerprint density at radius 3 is 2.67 bits per heavy atom. The Bertz CT molecular complexity index is 649. The van der Waals surface area contributed by atoms with Crippen molar-refractivity contribution >= 4 is 0 Å². The number of halogens is 1. The van der Waals surface area contributed by atoms with Crippen molar-refractivity contribution in [2.75, 3.05) is 0 Å². The zero-order valence-corrected chi connectivity index (χ0v) is 11.9. The van der Waals surface area contributed by atoms with E-state index in [9.17, 15) is 9.50 Å². The third kappa shape index (κ3) is 2.28. The number of fused-ring (bicyclic) bond motifs is 3. The fraction of sp³-hybridized carbons (Fsp3) is 0.368. The van der Waals surface area contributed by atoms with Crippen LogP contribution in [0.15, 0.2) is 48.5 Å². The van der Waals surface area contributed by atoms with Gasteiger partial charge in [0.25, 0.3) is 0 Å². The molecule has 0 amide bonds. The Balaban J connectivity index is 1.50. The molecule has 1 nitrogen and oxygen atoms in total. The number of aliphatic hydroxyl groups is 1. The van der Waals surface area contributed by atoms with Crippen LogP contribution in [0.4, 0.5) is 4.39 Å². The molecule has 0 saturated heterocycles. The monoisotopic (exact) mass is 282 g/mol. The van der Waals surface area contributed by atoms with Crippen LogP contribution in [0.2, 0.25) is 0 Å². The molecule has 1 N–H and O–H groups in total. The van der Waals surface area contributed by atoms with Gasteiger partial charge in [-0.05, 0) is 65.8 Å². The van der Waals surface area contributed by atoms with E-state index in [1.165, 1.54) is 29.7 Å². The third-order valence-electron chi connectivity index (χ3n) is 5.19. The molecule has 0 heterocycles. The molecule has 2 aliphatic carbocycles. The summed E-state index contributed by atoms with van der Waals surface area (Å²) in [4.78, 5) is 0. The Hall–Kier alpha value is -1.67. The highest BCUT2D eigenvalue weighted by Gasteiger charge is 2.55. The summed E-state index contributed by atoms with van der Waals surface area (Å²) < 4.78 is 12.9. The summed E-state index contributed by atoms with van der Waals surface area (Å²) in [5.74, 6) is 1.32. The molecule has 0 radical (unpaired) electrons. The van der Waals surface area contributed by atoms with Gasteiger partial charge in [-0.1, -0.05) is 36.4 Å². The molecule has 108 valence electrons. The maximum atomic E-state index is 12.9. The molecule has 4 rings (SSSR count). The lowest BCUT2D eigenvalue weighted by Crippen LogP contribution is -2.15. The van der Waals surface area contributed by atoms with Crippen molar-refractivity contribution in [3.8, 4) is 0 Å². The smallest absolute Gasteiger partial charge is 0.123 e. The number of hydrogen-bond donors (Lipinski definition) is 1. The van der Waals surface area contributed by atoms with E-state index in [4.69, 9.17) is 0 Å². The molecule has 0 aromatic heterocycles. The maximum absolute atomic E-state index is 12.9. The zero-order valence-electron chi connectivity index (χ0n) is 11.9. The molecule has 0 bridgehead atoms. The lowest BCUT2D eigenvalue weighted by atomic mass is 9.92. The Morgan fingerprint density at radius 2 is 1.86 bits per heavy atom. The van der Waals surface area contributed by atoms with Crippen LogP contribution in [0.25, 0.3) is 0 Å².